The Balaban J connectivity index is 1.57. The van der Waals surface area contributed by atoms with Gasteiger partial charge in [0.05, 0.1) is 24.6 Å². The minimum Gasteiger partial charge on any atom is -0.497 e. The van der Waals surface area contributed by atoms with Gasteiger partial charge in [-0.25, -0.2) is 9.37 Å². The zero-order chi connectivity index (χ0) is 17.8. The molecule has 1 amide bonds. The van der Waals surface area contributed by atoms with Crippen LogP contribution in [0.5, 0.6) is 5.75 Å². The molecule has 0 bridgehead atoms. The van der Waals surface area contributed by atoms with Crippen LogP contribution >= 0.6 is 0 Å². The zero-order valence-corrected chi connectivity index (χ0v) is 14.3. The van der Waals surface area contributed by atoms with Gasteiger partial charge in [0.25, 0.3) is 0 Å². The molecular formula is C19H20FN3O2. The van der Waals surface area contributed by atoms with E-state index in [0.717, 1.165) is 28.2 Å². The van der Waals surface area contributed by atoms with Gasteiger partial charge >= 0.3 is 0 Å². The van der Waals surface area contributed by atoms with Gasteiger partial charge in [-0.2, -0.15) is 0 Å². The minimum atomic E-state index is -0.284. The summed E-state index contributed by atoms with van der Waals surface area (Å²) in [5, 5.41) is 2.89. The molecule has 0 radical (unpaired) electrons. The van der Waals surface area contributed by atoms with E-state index < -0.39 is 0 Å². The SMILES string of the molecule is COc1cccc(CC(=O)NCCc2nc3ccc(F)cc3n2C)c1. The molecule has 0 fully saturated rings. The molecule has 5 nitrogen and oxygen atoms in total. The molecule has 2 aromatic carbocycles. The summed E-state index contributed by atoms with van der Waals surface area (Å²) in [4.78, 5) is 16.6. The fraction of sp³-hybridized carbons (Fsp3) is 0.263. The van der Waals surface area contributed by atoms with Crippen molar-refractivity contribution < 1.29 is 13.9 Å². The number of nitrogens with zero attached hydrogens (tertiary/aromatic N) is 2. The number of rotatable bonds is 6. The average Bonchev–Trinajstić information content (AvgIpc) is 2.91. The predicted octanol–water partition coefficient (Wildman–Crippen LogP) is 2.62. The Labute approximate surface area is 145 Å². The van der Waals surface area contributed by atoms with Crippen molar-refractivity contribution in [3.63, 3.8) is 0 Å². The summed E-state index contributed by atoms with van der Waals surface area (Å²) in [6.07, 6.45) is 0.877. The second-order valence-electron chi connectivity index (χ2n) is 5.85. The van der Waals surface area contributed by atoms with E-state index in [4.69, 9.17) is 4.74 Å². The fourth-order valence-electron chi connectivity index (χ4n) is 2.78. The monoisotopic (exact) mass is 341 g/mol. The number of carbonyl (C=O) groups excluding carboxylic acids is 1. The summed E-state index contributed by atoms with van der Waals surface area (Å²) < 4.78 is 20.3. The molecule has 0 aliphatic heterocycles. The number of nitrogens with one attached hydrogen (secondary N) is 1. The van der Waals surface area contributed by atoms with Crippen molar-refractivity contribution in [3.05, 3.63) is 59.7 Å². The summed E-state index contributed by atoms with van der Waals surface area (Å²) >= 11 is 0. The third kappa shape index (κ3) is 3.96. The lowest BCUT2D eigenvalue weighted by Crippen LogP contribution is -2.27. The van der Waals surface area contributed by atoms with Crippen LogP contribution in [-0.4, -0.2) is 29.1 Å². The number of methoxy groups -OCH3 is 1. The number of fused-ring (bicyclic) bond motifs is 1. The van der Waals surface area contributed by atoms with E-state index in [1.54, 1.807) is 13.2 Å². The lowest BCUT2D eigenvalue weighted by atomic mass is 10.1. The van der Waals surface area contributed by atoms with Gasteiger partial charge in [-0.05, 0) is 35.9 Å². The first kappa shape index (κ1) is 17.0. The Morgan fingerprint density at radius 1 is 1.28 bits per heavy atom. The van der Waals surface area contributed by atoms with Crippen molar-refractivity contribution in [2.24, 2.45) is 7.05 Å². The number of aromatic nitrogens is 2. The van der Waals surface area contributed by atoms with Gasteiger partial charge in [-0.3, -0.25) is 4.79 Å². The summed E-state index contributed by atoms with van der Waals surface area (Å²) in [6.45, 7) is 0.475. The van der Waals surface area contributed by atoms with Crippen LogP contribution in [0.4, 0.5) is 4.39 Å². The lowest BCUT2D eigenvalue weighted by molar-refractivity contribution is -0.120. The van der Waals surface area contributed by atoms with Crippen molar-refractivity contribution in [3.8, 4) is 5.75 Å². The summed E-state index contributed by atoms with van der Waals surface area (Å²) in [6, 6.07) is 12.0. The van der Waals surface area contributed by atoms with Gasteiger partial charge in [0.2, 0.25) is 5.91 Å². The molecule has 0 saturated carbocycles. The van der Waals surface area contributed by atoms with Gasteiger partial charge in [-0.1, -0.05) is 12.1 Å². The van der Waals surface area contributed by atoms with Crippen molar-refractivity contribution in [1.29, 1.82) is 0 Å². The van der Waals surface area contributed by atoms with Crippen LogP contribution in [0.2, 0.25) is 0 Å². The largest absolute Gasteiger partial charge is 0.497 e. The first-order valence-electron chi connectivity index (χ1n) is 8.07. The number of ether oxygens (including phenoxy) is 1. The van der Waals surface area contributed by atoms with Crippen LogP contribution in [0.1, 0.15) is 11.4 Å². The van der Waals surface area contributed by atoms with E-state index in [2.05, 4.69) is 10.3 Å². The van der Waals surface area contributed by atoms with E-state index in [1.165, 1.54) is 12.1 Å². The van der Waals surface area contributed by atoms with Crippen LogP contribution in [0.3, 0.4) is 0 Å². The van der Waals surface area contributed by atoms with Crippen LogP contribution < -0.4 is 10.1 Å². The minimum absolute atomic E-state index is 0.0574. The van der Waals surface area contributed by atoms with Crippen molar-refractivity contribution >= 4 is 16.9 Å². The molecule has 1 N–H and O–H groups in total. The van der Waals surface area contributed by atoms with Gasteiger partial charge in [-0.15, -0.1) is 0 Å². The standard InChI is InChI=1S/C19H20FN3O2/c1-23-17-12-14(20)6-7-16(17)22-18(23)8-9-21-19(24)11-13-4-3-5-15(10-13)25-2/h3-7,10,12H,8-9,11H2,1-2H3,(H,21,24). The number of imidazole rings is 1. The molecule has 1 heterocycles. The maximum absolute atomic E-state index is 13.3. The summed E-state index contributed by atoms with van der Waals surface area (Å²) in [7, 11) is 3.45. The fourth-order valence-corrected chi connectivity index (χ4v) is 2.78. The third-order valence-corrected chi connectivity index (χ3v) is 4.11. The van der Waals surface area contributed by atoms with E-state index in [1.807, 2.05) is 35.9 Å². The molecule has 3 rings (SSSR count). The number of hydrogen-bond acceptors (Lipinski definition) is 3. The van der Waals surface area contributed by atoms with Gasteiger partial charge in [0, 0.05) is 20.0 Å². The van der Waals surface area contributed by atoms with Crippen molar-refractivity contribution in [2.45, 2.75) is 12.8 Å². The van der Waals surface area contributed by atoms with E-state index in [0.29, 0.717) is 19.4 Å². The highest BCUT2D eigenvalue weighted by Gasteiger charge is 2.09. The Hall–Kier alpha value is -2.89. The second kappa shape index (κ2) is 7.34. The number of hydrogen-bond donors (Lipinski definition) is 1. The molecule has 25 heavy (non-hydrogen) atoms. The molecule has 0 aliphatic rings. The van der Waals surface area contributed by atoms with Gasteiger partial charge < -0.3 is 14.6 Å². The molecule has 3 aromatic rings. The molecule has 0 unspecified atom stereocenters. The Kier molecular flexibility index (Phi) is 4.97. The molecule has 130 valence electrons. The first-order valence-corrected chi connectivity index (χ1v) is 8.07. The normalized spacial score (nSPS) is 10.8. The van der Waals surface area contributed by atoms with E-state index in [-0.39, 0.29) is 11.7 Å². The van der Waals surface area contributed by atoms with E-state index in [9.17, 15) is 9.18 Å². The lowest BCUT2D eigenvalue weighted by Gasteiger charge is -2.07. The smallest absolute Gasteiger partial charge is 0.224 e. The highest BCUT2D eigenvalue weighted by molar-refractivity contribution is 5.78. The third-order valence-electron chi connectivity index (χ3n) is 4.11. The second-order valence-corrected chi connectivity index (χ2v) is 5.85. The van der Waals surface area contributed by atoms with Crippen LogP contribution in [-0.2, 0) is 24.7 Å². The number of carbonyl (C=O) groups is 1. The van der Waals surface area contributed by atoms with Gasteiger partial charge in [0.15, 0.2) is 0 Å². The van der Waals surface area contributed by atoms with Crippen LogP contribution in [0, 0.1) is 5.82 Å². The number of benzene rings is 2. The number of amides is 1. The van der Waals surface area contributed by atoms with Crippen LogP contribution in [0.15, 0.2) is 42.5 Å². The maximum atomic E-state index is 13.3. The Bertz CT molecular complexity index is 905. The van der Waals surface area contributed by atoms with Crippen molar-refractivity contribution in [2.75, 3.05) is 13.7 Å². The topological polar surface area (TPSA) is 56.1 Å². The summed E-state index contributed by atoms with van der Waals surface area (Å²) in [5.41, 5.74) is 2.40. The first-order chi connectivity index (χ1) is 12.1. The van der Waals surface area contributed by atoms with E-state index >= 15 is 0 Å². The van der Waals surface area contributed by atoms with Crippen molar-refractivity contribution in [1.82, 2.24) is 14.9 Å². The molecular weight excluding hydrogens is 321 g/mol. The predicted molar refractivity (Wildman–Crippen MR) is 94.1 cm³/mol. The highest BCUT2D eigenvalue weighted by atomic mass is 19.1. The number of aryl methyl sites for hydroxylation is 1. The molecule has 0 aliphatic carbocycles. The molecule has 0 atom stereocenters. The quantitative estimate of drug-likeness (QED) is 0.750. The maximum Gasteiger partial charge on any atom is 0.224 e. The molecule has 1 aromatic heterocycles. The van der Waals surface area contributed by atoms with Gasteiger partial charge in [0.1, 0.15) is 17.4 Å². The highest BCUT2D eigenvalue weighted by Crippen LogP contribution is 2.16. The van der Waals surface area contributed by atoms with Crippen LogP contribution in [0.25, 0.3) is 11.0 Å². The molecule has 0 spiro atoms. The Morgan fingerprint density at radius 3 is 2.92 bits per heavy atom. The molecule has 0 saturated heterocycles. The zero-order valence-electron chi connectivity index (χ0n) is 14.3. The average molecular weight is 341 g/mol. The summed E-state index contributed by atoms with van der Waals surface area (Å²) in [5.74, 6) is 1.20. The molecule has 6 heteroatoms. The number of halogens is 1. The Morgan fingerprint density at radius 2 is 2.12 bits per heavy atom.